The average molecular weight is 307 g/mol. The number of rotatable bonds is 9. The van der Waals surface area contributed by atoms with Crippen LogP contribution in [0.25, 0.3) is 0 Å². The van der Waals surface area contributed by atoms with E-state index in [9.17, 15) is 10.2 Å². The lowest BCUT2D eigenvalue weighted by Crippen LogP contribution is -2.34. The largest absolute Gasteiger partial charge is 0.394 e. The molecule has 0 saturated heterocycles. The Labute approximate surface area is 129 Å². The molecule has 2 unspecified atom stereocenters. The molecule has 2 aromatic rings. The fourth-order valence-electron chi connectivity index (χ4n) is 2.00. The average Bonchev–Trinajstić information content (AvgIpc) is 3.02. The molecule has 4 nitrogen and oxygen atoms in total. The van der Waals surface area contributed by atoms with Crippen LogP contribution in [0.2, 0.25) is 0 Å². The molecule has 0 fully saturated rings. The van der Waals surface area contributed by atoms with Crippen LogP contribution in [0.3, 0.4) is 0 Å². The molecule has 1 aromatic carbocycles. The van der Waals surface area contributed by atoms with E-state index < -0.39 is 6.10 Å². The van der Waals surface area contributed by atoms with Gasteiger partial charge < -0.3 is 20.3 Å². The number of ether oxygens (including phenoxy) is 1. The van der Waals surface area contributed by atoms with E-state index in [0.29, 0.717) is 13.2 Å². The van der Waals surface area contributed by atoms with Gasteiger partial charge in [0.2, 0.25) is 0 Å². The molecule has 0 saturated carbocycles. The fourth-order valence-corrected chi connectivity index (χ4v) is 2.64. The van der Waals surface area contributed by atoms with E-state index in [0.717, 1.165) is 10.4 Å². The van der Waals surface area contributed by atoms with E-state index in [-0.39, 0.29) is 19.3 Å². The summed E-state index contributed by atoms with van der Waals surface area (Å²) in [6, 6.07) is 13.5. The van der Waals surface area contributed by atoms with Gasteiger partial charge in [0.25, 0.3) is 0 Å². The molecule has 114 valence electrons. The molecule has 0 amide bonds. The quantitative estimate of drug-likeness (QED) is 0.663. The second kappa shape index (κ2) is 8.92. The van der Waals surface area contributed by atoms with Gasteiger partial charge in [0.05, 0.1) is 32.0 Å². The third-order valence-electron chi connectivity index (χ3n) is 3.12. The van der Waals surface area contributed by atoms with Crippen LogP contribution in [0.1, 0.15) is 16.5 Å². The fraction of sp³-hybridized carbons (Fsp3) is 0.375. The normalized spacial score (nSPS) is 14.0. The highest BCUT2D eigenvalue weighted by molar-refractivity contribution is 7.09. The molecular formula is C16H21NO3S. The number of aliphatic hydroxyl groups is 2. The highest BCUT2D eigenvalue weighted by Gasteiger charge is 2.12. The summed E-state index contributed by atoms with van der Waals surface area (Å²) in [5, 5.41) is 24.5. The lowest BCUT2D eigenvalue weighted by Gasteiger charge is -2.19. The predicted octanol–water partition coefficient (Wildman–Crippen LogP) is 1.95. The van der Waals surface area contributed by atoms with Crippen molar-refractivity contribution in [2.45, 2.75) is 18.8 Å². The third-order valence-corrected chi connectivity index (χ3v) is 3.97. The van der Waals surface area contributed by atoms with Gasteiger partial charge in [-0.3, -0.25) is 0 Å². The van der Waals surface area contributed by atoms with Crippen molar-refractivity contribution in [2.24, 2.45) is 0 Å². The van der Waals surface area contributed by atoms with Crippen molar-refractivity contribution in [1.82, 2.24) is 5.32 Å². The Morgan fingerprint density at radius 2 is 1.95 bits per heavy atom. The van der Waals surface area contributed by atoms with Gasteiger partial charge in [-0.1, -0.05) is 36.4 Å². The van der Waals surface area contributed by atoms with E-state index in [1.165, 1.54) is 0 Å². The number of benzene rings is 1. The van der Waals surface area contributed by atoms with Gasteiger partial charge in [-0.15, -0.1) is 11.3 Å². The van der Waals surface area contributed by atoms with Crippen LogP contribution in [0.15, 0.2) is 47.8 Å². The molecule has 0 aliphatic rings. The van der Waals surface area contributed by atoms with E-state index in [1.54, 1.807) is 11.3 Å². The van der Waals surface area contributed by atoms with Crippen molar-refractivity contribution in [1.29, 1.82) is 0 Å². The van der Waals surface area contributed by atoms with Crippen LogP contribution in [0, 0.1) is 0 Å². The molecular weight excluding hydrogens is 286 g/mol. The van der Waals surface area contributed by atoms with E-state index >= 15 is 0 Å². The predicted molar refractivity (Wildman–Crippen MR) is 84.3 cm³/mol. The Bertz CT molecular complexity index is 489. The number of hydrogen-bond acceptors (Lipinski definition) is 5. The number of nitrogens with one attached hydrogen (secondary N) is 1. The highest BCUT2D eigenvalue weighted by atomic mass is 32.1. The maximum Gasteiger partial charge on any atom is 0.0898 e. The first kappa shape index (κ1) is 16.1. The van der Waals surface area contributed by atoms with Gasteiger partial charge in [-0.25, -0.2) is 0 Å². The summed E-state index contributed by atoms with van der Waals surface area (Å²) in [6.07, 6.45) is -0.595. The van der Waals surface area contributed by atoms with Crippen LogP contribution >= 0.6 is 11.3 Å². The minimum Gasteiger partial charge on any atom is -0.394 e. The first-order valence-corrected chi connectivity index (χ1v) is 7.85. The van der Waals surface area contributed by atoms with E-state index in [4.69, 9.17) is 4.74 Å². The second-order valence-electron chi connectivity index (χ2n) is 4.80. The van der Waals surface area contributed by atoms with Crippen LogP contribution < -0.4 is 5.32 Å². The Kier molecular flexibility index (Phi) is 6.85. The molecule has 3 N–H and O–H groups in total. The van der Waals surface area contributed by atoms with E-state index in [2.05, 4.69) is 5.32 Å². The Balaban J connectivity index is 1.68. The van der Waals surface area contributed by atoms with Crippen LogP contribution in [-0.4, -0.2) is 36.1 Å². The number of aliphatic hydroxyl groups excluding tert-OH is 2. The van der Waals surface area contributed by atoms with Crippen molar-refractivity contribution >= 4 is 11.3 Å². The topological polar surface area (TPSA) is 61.7 Å². The summed E-state index contributed by atoms with van der Waals surface area (Å²) in [6.45, 7) is 1.17. The van der Waals surface area contributed by atoms with Gasteiger partial charge in [0, 0.05) is 11.4 Å². The van der Waals surface area contributed by atoms with Gasteiger partial charge in [0.15, 0.2) is 0 Å². The zero-order valence-electron chi connectivity index (χ0n) is 11.8. The lowest BCUT2D eigenvalue weighted by atomic mass is 10.1. The Morgan fingerprint density at radius 3 is 2.62 bits per heavy atom. The smallest absolute Gasteiger partial charge is 0.0898 e. The van der Waals surface area contributed by atoms with Crippen LogP contribution in [0.5, 0.6) is 0 Å². The number of hydrogen-bond donors (Lipinski definition) is 3. The molecule has 2 rings (SSSR count). The van der Waals surface area contributed by atoms with Crippen molar-refractivity contribution in [3.05, 3.63) is 58.3 Å². The van der Waals surface area contributed by atoms with Crippen molar-refractivity contribution in [3.63, 3.8) is 0 Å². The molecule has 1 heterocycles. The zero-order valence-corrected chi connectivity index (χ0v) is 12.6. The first-order chi connectivity index (χ1) is 10.3. The summed E-state index contributed by atoms with van der Waals surface area (Å²) in [4.78, 5) is 1.15. The maximum absolute atomic E-state index is 9.90. The van der Waals surface area contributed by atoms with Gasteiger partial charge >= 0.3 is 0 Å². The molecule has 0 aliphatic heterocycles. The standard InChI is InChI=1S/C16H21NO3S/c18-10-16(13-5-2-1-3-6-13)17-9-14(19)11-20-12-15-7-4-8-21-15/h1-8,14,16-19H,9-12H2. The van der Waals surface area contributed by atoms with Crippen molar-refractivity contribution in [2.75, 3.05) is 19.8 Å². The summed E-state index contributed by atoms with van der Waals surface area (Å²) < 4.78 is 5.47. The first-order valence-electron chi connectivity index (χ1n) is 6.97. The lowest BCUT2D eigenvalue weighted by molar-refractivity contribution is 0.0275. The molecule has 0 bridgehead atoms. The number of thiophene rings is 1. The molecule has 2 atom stereocenters. The second-order valence-corrected chi connectivity index (χ2v) is 5.83. The third kappa shape index (κ3) is 5.57. The molecule has 0 radical (unpaired) electrons. The molecule has 1 aromatic heterocycles. The summed E-state index contributed by atoms with van der Waals surface area (Å²) in [5.74, 6) is 0. The minimum absolute atomic E-state index is 0.00716. The molecule has 5 heteroatoms. The summed E-state index contributed by atoms with van der Waals surface area (Å²) >= 11 is 1.64. The van der Waals surface area contributed by atoms with Crippen LogP contribution in [0.4, 0.5) is 0 Å². The van der Waals surface area contributed by atoms with Crippen molar-refractivity contribution in [3.8, 4) is 0 Å². The Morgan fingerprint density at radius 1 is 1.14 bits per heavy atom. The zero-order chi connectivity index (χ0) is 14.9. The summed E-state index contributed by atoms with van der Waals surface area (Å²) in [7, 11) is 0. The minimum atomic E-state index is -0.595. The van der Waals surface area contributed by atoms with Gasteiger partial charge in [-0.05, 0) is 17.0 Å². The SMILES string of the molecule is OCC(NCC(O)COCc1cccs1)c1ccccc1. The maximum atomic E-state index is 9.90. The van der Waals surface area contributed by atoms with Gasteiger partial charge in [0.1, 0.15) is 0 Å². The van der Waals surface area contributed by atoms with Crippen molar-refractivity contribution < 1.29 is 14.9 Å². The van der Waals surface area contributed by atoms with E-state index in [1.807, 2.05) is 47.8 Å². The molecule has 0 spiro atoms. The van der Waals surface area contributed by atoms with Crippen LogP contribution in [-0.2, 0) is 11.3 Å². The highest BCUT2D eigenvalue weighted by Crippen LogP contribution is 2.12. The summed E-state index contributed by atoms with van der Waals surface area (Å²) in [5.41, 5.74) is 1.01. The van der Waals surface area contributed by atoms with Gasteiger partial charge in [-0.2, -0.15) is 0 Å². The monoisotopic (exact) mass is 307 g/mol. The Hall–Kier alpha value is -1.24. The molecule has 0 aliphatic carbocycles. The molecule has 21 heavy (non-hydrogen) atoms.